The summed E-state index contributed by atoms with van der Waals surface area (Å²) in [5.41, 5.74) is 5.79. The average Bonchev–Trinajstić information content (AvgIpc) is 2.60. The van der Waals surface area contributed by atoms with E-state index < -0.39 is 16.3 Å². The Kier molecular flexibility index (Phi) is 4.51. The molecular formula is C8H17N3O4S. The number of ether oxygens (including phenoxy) is 1. The van der Waals surface area contributed by atoms with Crippen LogP contribution in [0.1, 0.15) is 19.3 Å². The van der Waals surface area contributed by atoms with Crippen molar-refractivity contribution in [1.82, 2.24) is 9.44 Å². The van der Waals surface area contributed by atoms with Gasteiger partial charge >= 0.3 is 16.3 Å². The average molecular weight is 251 g/mol. The molecule has 16 heavy (non-hydrogen) atoms. The van der Waals surface area contributed by atoms with Crippen molar-refractivity contribution < 1.29 is 17.9 Å². The minimum absolute atomic E-state index is 0.0285. The zero-order valence-corrected chi connectivity index (χ0v) is 9.92. The lowest BCUT2D eigenvalue weighted by atomic mass is 10.1. The molecule has 0 aromatic carbocycles. The summed E-state index contributed by atoms with van der Waals surface area (Å²) in [6, 6.07) is 0.0285. The summed E-state index contributed by atoms with van der Waals surface area (Å²) in [7, 11) is -2.74. The first-order valence-electron chi connectivity index (χ1n) is 5.05. The first kappa shape index (κ1) is 13.2. The first-order chi connectivity index (χ1) is 7.44. The minimum Gasteiger partial charge on any atom is -0.452 e. The van der Waals surface area contributed by atoms with Gasteiger partial charge in [0, 0.05) is 12.6 Å². The first-order valence-corrected chi connectivity index (χ1v) is 6.54. The predicted octanol–water partition coefficient (Wildman–Crippen LogP) is -0.696. The van der Waals surface area contributed by atoms with E-state index in [0.29, 0.717) is 0 Å². The van der Waals surface area contributed by atoms with Crippen molar-refractivity contribution in [2.24, 2.45) is 11.7 Å². The number of amides is 1. The van der Waals surface area contributed by atoms with Gasteiger partial charge < -0.3 is 10.5 Å². The number of nitrogens with two attached hydrogens (primary N) is 1. The van der Waals surface area contributed by atoms with Gasteiger partial charge in [0.2, 0.25) is 0 Å². The van der Waals surface area contributed by atoms with E-state index in [9.17, 15) is 13.2 Å². The Morgan fingerprint density at radius 3 is 2.69 bits per heavy atom. The van der Waals surface area contributed by atoms with Crippen LogP contribution in [0.2, 0.25) is 0 Å². The van der Waals surface area contributed by atoms with Crippen molar-refractivity contribution in [3.63, 3.8) is 0 Å². The molecule has 0 aliphatic heterocycles. The molecule has 0 aromatic heterocycles. The van der Waals surface area contributed by atoms with Crippen LogP contribution in [0, 0.1) is 5.92 Å². The molecule has 0 saturated heterocycles. The van der Waals surface area contributed by atoms with Crippen molar-refractivity contribution in [3.8, 4) is 0 Å². The number of methoxy groups -OCH3 is 1. The van der Waals surface area contributed by atoms with Crippen LogP contribution in [0.5, 0.6) is 0 Å². The molecule has 1 rings (SSSR count). The van der Waals surface area contributed by atoms with Crippen LogP contribution in [0.4, 0.5) is 4.79 Å². The molecule has 1 aliphatic rings. The second-order valence-corrected chi connectivity index (χ2v) is 5.30. The van der Waals surface area contributed by atoms with Crippen LogP contribution in [0.25, 0.3) is 0 Å². The number of hydrogen-bond donors (Lipinski definition) is 3. The highest BCUT2D eigenvalue weighted by atomic mass is 32.2. The van der Waals surface area contributed by atoms with Gasteiger partial charge in [0.25, 0.3) is 0 Å². The Balaban J connectivity index is 2.38. The zero-order valence-electron chi connectivity index (χ0n) is 9.10. The minimum atomic E-state index is -3.83. The number of hydrogen-bond acceptors (Lipinski definition) is 5. The van der Waals surface area contributed by atoms with Gasteiger partial charge in [-0.2, -0.15) is 13.1 Å². The highest BCUT2D eigenvalue weighted by Gasteiger charge is 2.25. The molecule has 1 fully saturated rings. The molecular weight excluding hydrogens is 234 g/mol. The fraction of sp³-hybridized carbons (Fsp3) is 0.875. The Bertz CT molecular complexity index is 343. The molecule has 0 spiro atoms. The van der Waals surface area contributed by atoms with Crippen LogP contribution in [0.3, 0.4) is 0 Å². The SMILES string of the molecule is COC(=O)NS(=O)(=O)NCC1CCCC1N. The molecule has 4 N–H and O–H groups in total. The summed E-state index contributed by atoms with van der Waals surface area (Å²) in [5, 5.41) is 0. The van der Waals surface area contributed by atoms with E-state index in [0.717, 1.165) is 26.4 Å². The number of carbonyl (C=O) groups is 1. The third kappa shape index (κ3) is 3.95. The van der Waals surface area contributed by atoms with Crippen LogP contribution in [0.15, 0.2) is 0 Å². The third-order valence-corrected chi connectivity index (χ3v) is 3.64. The third-order valence-electron chi connectivity index (χ3n) is 2.66. The topological polar surface area (TPSA) is 111 Å². The fourth-order valence-electron chi connectivity index (χ4n) is 1.72. The second kappa shape index (κ2) is 5.46. The van der Waals surface area contributed by atoms with Gasteiger partial charge in [-0.3, -0.25) is 0 Å². The van der Waals surface area contributed by atoms with Gasteiger partial charge in [0.15, 0.2) is 0 Å². The molecule has 0 radical (unpaired) electrons. The van der Waals surface area contributed by atoms with Gasteiger partial charge in [-0.05, 0) is 18.8 Å². The largest absolute Gasteiger partial charge is 0.452 e. The lowest BCUT2D eigenvalue weighted by molar-refractivity contribution is 0.177. The van der Waals surface area contributed by atoms with Gasteiger partial charge in [0.05, 0.1) is 7.11 Å². The molecule has 1 amide bonds. The molecule has 8 heteroatoms. The van der Waals surface area contributed by atoms with E-state index in [1.807, 2.05) is 0 Å². The number of carbonyl (C=O) groups excluding carboxylic acids is 1. The molecule has 0 aromatic rings. The van der Waals surface area contributed by atoms with E-state index in [-0.39, 0.29) is 18.5 Å². The predicted molar refractivity (Wildman–Crippen MR) is 57.8 cm³/mol. The van der Waals surface area contributed by atoms with Crippen LogP contribution in [-0.2, 0) is 14.9 Å². The van der Waals surface area contributed by atoms with E-state index in [1.165, 1.54) is 0 Å². The normalized spacial score (nSPS) is 25.4. The molecule has 0 heterocycles. The summed E-state index contributed by atoms with van der Waals surface area (Å²) in [6.45, 7) is 0.244. The monoisotopic (exact) mass is 251 g/mol. The summed E-state index contributed by atoms with van der Waals surface area (Å²) < 4.78 is 30.8. The molecule has 7 nitrogen and oxygen atoms in total. The number of rotatable bonds is 4. The standard InChI is InChI=1S/C8H17N3O4S/c1-15-8(12)11-16(13,14)10-5-6-3-2-4-7(6)9/h6-7,10H,2-5,9H2,1H3,(H,11,12). The van der Waals surface area contributed by atoms with Crippen molar-refractivity contribution in [3.05, 3.63) is 0 Å². The molecule has 1 aliphatic carbocycles. The van der Waals surface area contributed by atoms with Gasteiger partial charge in [-0.25, -0.2) is 9.52 Å². The molecule has 0 bridgehead atoms. The van der Waals surface area contributed by atoms with Gasteiger partial charge in [-0.15, -0.1) is 0 Å². The quantitative estimate of drug-likeness (QED) is 0.612. The lowest BCUT2D eigenvalue weighted by Gasteiger charge is -2.15. The van der Waals surface area contributed by atoms with Crippen LogP contribution >= 0.6 is 0 Å². The van der Waals surface area contributed by atoms with E-state index in [1.54, 1.807) is 4.72 Å². The van der Waals surface area contributed by atoms with Crippen molar-refractivity contribution in [2.45, 2.75) is 25.3 Å². The van der Waals surface area contributed by atoms with Crippen molar-refractivity contribution in [2.75, 3.05) is 13.7 Å². The van der Waals surface area contributed by atoms with Crippen molar-refractivity contribution >= 4 is 16.3 Å². The Morgan fingerprint density at radius 2 is 2.19 bits per heavy atom. The van der Waals surface area contributed by atoms with Crippen molar-refractivity contribution in [1.29, 1.82) is 0 Å². The molecule has 2 atom stereocenters. The fourth-order valence-corrected chi connectivity index (χ4v) is 2.53. The highest BCUT2D eigenvalue weighted by molar-refractivity contribution is 7.88. The maximum absolute atomic E-state index is 11.3. The number of nitrogens with one attached hydrogen (secondary N) is 2. The summed E-state index contributed by atoms with van der Waals surface area (Å²) in [6.07, 6.45) is 1.82. The Morgan fingerprint density at radius 1 is 1.50 bits per heavy atom. The van der Waals surface area contributed by atoms with E-state index >= 15 is 0 Å². The van der Waals surface area contributed by atoms with Gasteiger partial charge in [0.1, 0.15) is 0 Å². The zero-order chi connectivity index (χ0) is 12.2. The van der Waals surface area contributed by atoms with E-state index in [2.05, 4.69) is 9.46 Å². The molecule has 94 valence electrons. The second-order valence-electron chi connectivity index (χ2n) is 3.80. The highest BCUT2D eigenvalue weighted by Crippen LogP contribution is 2.23. The maximum atomic E-state index is 11.3. The van der Waals surface area contributed by atoms with Crippen LogP contribution < -0.4 is 15.2 Å². The Labute approximate surface area is 94.9 Å². The lowest BCUT2D eigenvalue weighted by Crippen LogP contribution is -2.43. The maximum Gasteiger partial charge on any atom is 0.421 e. The summed E-state index contributed by atoms with van der Waals surface area (Å²) in [4.78, 5) is 10.7. The summed E-state index contributed by atoms with van der Waals surface area (Å²) in [5.74, 6) is 0.134. The molecule has 2 unspecified atom stereocenters. The van der Waals surface area contributed by atoms with E-state index in [4.69, 9.17) is 5.73 Å². The summed E-state index contributed by atoms with van der Waals surface area (Å²) >= 11 is 0. The van der Waals surface area contributed by atoms with Gasteiger partial charge in [-0.1, -0.05) is 6.42 Å². The Hall–Kier alpha value is -0.860. The molecule has 1 saturated carbocycles. The smallest absolute Gasteiger partial charge is 0.421 e. The van der Waals surface area contributed by atoms with Crippen LogP contribution in [-0.4, -0.2) is 34.2 Å².